The van der Waals surface area contributed by atoms with Crippen LogP contribution in [0.3, 0.4) is 0 Å². The molecule has 1 aliphatic rings. The summed E-state index contributed by atoms with van der Waals surface area (Å²) in [6, 6.07) is 0. The van der Waals surface area contributed by atoms with Crippen molar-refractivity contribution in [1.29, 1.82) is 0 Å². The van der Waals surface area contributed by atoms with Gasteiger partial charge in [0.25, 0.3) is 0 Å². The molecular weight excluding hydrogens is 220 g/mol. The first-order chi connectivity index (χ1) is 6.81. The predicted octanol–water partition coefficient (Wildman–Crippen LogP) is 1.97. The minimum absolute atomic E-state index is 0.285. The lowest BCUT2D eigenvalue weighted by Crippen LogP contribution is -2.04. The van der Waals surface area contributed by atoms with Gasteiger partial charge in [0.05, 0.1) is 12.8 Å². The van der Waals surface area contributed by atoms with E-state index >= 15 is 0 Å². The minimum Gasteiger partial charge on any atom is -0.481 e. The molecule has 2 rings (SSSR count). The summed E-state index contributed by atoms with van der Waals surface area (Å²) in [6.45, 7) is 0. The second-order valence-corrected chi connectivity index (χ2v) is 4.60. The molecule has 0 radical (unpaired) electrons. The maximum absolute atomic E-state index is 5.80. The van der Waals surface area contributed by atoms with Gasteiger partial charge in [0.15, 0.2) is 0 Å². The van der Waals surface area contributed by atoms with E-state index in [1.165, 1.54) is 0 Å². The monoisotopic (exact) mass is 230 g/mol. The van der Waals surface area contributed by atoms with Crippen LogP contribution < -0.4 is 4.74 Å². The Labute approximate surface area is 92.2 Å². The van der Waals surface area contributed by atoms with E-state index in [0.29, 0.717) is 5.88 Å². The zero-order chi connectivity index (χ0) is 9.97. The van der Waals surface area contributed by atoms with Crippen LogP contribution >= 0.6 is 23.4 Å². The third-order valence-electron chi connectivity index (χ3n) is 2.20. The van der Waals surface area contributed by atoms with Crippen LogP contribution in [-0.4, -0.2) is 28.6 Å². The number of hydrogen-bond acceptors (Lipinski definition) is 4. The number of methoxy groups -OCH3 is 1. The Morgan fingerprint density at radius 3 is 2.86 bits per heavy atom. The molecule has 0 unspecified atom stereocenters. The third kappa shape index (κ3) is 1.96. The highest BCUT2D eigenvalue weighted by molar-refractivity contribution is 7.99. The third-order valence-corrected chi connectivity index (χ3v) is 3.36. The molecule has 0 atom stereocenters. The van der Waals surface area contributed by atoms with Gasteiger partial charge in [-0.15, -0.1) is 0 Å². The Hall–Kier alpha value is -0.480. The molecular formula is C9H11ClN2OS. The molecule has 1 aliphatic heterocycles. The van der Waals surface area contributed by atoms with Gasteiger partial charge in [0.1, 0.15) is 0 Å². The first kappa shape index (κ1) is 10.1. The average Bonchev–Trinajstić information content (AvgIpc) is 2.41. The van der Waals surface area contributed by atoms with Crippen LogP contribution in [0.4, 0.5) is 0 Å². The average molecular weight is 231 g/mol. The lowest BCUT2D eigenvalue weighted by molar-refractivity contribution is 0.391. The summed E-state index contributed by atoms with van der Waals surface area (Å²) in [5, 5.41) is 0.285. The number of nitrogens with zero attached hydrogens (tertiary/aromatic N) is 2. The molecule has 76 valence electrons. The fourth-order valence-corrected chi connectivity index (χ4v) is 2.62. The van der Waals surface area contributed by atoms with Crippen LogP contribution in [0, 0.1) is 0 Å². The fraction of sp³-hybridized carbons (Fsp3) is 0.556. The molecule has 0 aliphatic carbocycles. The van der Waals surface area contributed by atoms with Crippen LogP contribution in [-0.2, 0) is 12.8 Å². The molecule has 1 aromatic rings. The Bertz CT molecular complexity index is 346. The molecule has 1 aromatic heterocycles. The van der Waals surface area contributed by atoms with Crippen molar-refractivity contribution < 1.29 is 4.74 Å². The Morgan fingerprint density at radius 1 is 1.29 bits per heavy atom. The number of rotatable bonds is 1. The predicted molar refractivity (Wildman–Crippen MR) is 58.3 cm³/mol. The first-order valence-electron chi connectivity index (χ1n) is 4.48. The summed E-state index contributed by atoms with van der Waals surface area (Å²) in [5.41, 5.74) is 2.17. The summed E-state index contributed by atoms with van der Waals surface area (Å²) >= 11 is 7.74. The van der Waals surface area contributed by atoms with Gasteiger partial charge in [-0.1, -0.05) is 0 Å². The number of hydrogen-bond donors (Lipinski definition) is 0. The SMILES string of the molecule is COc1nc(Cl)nc2c1CCSCC2. The molecule has 0 amide bonds. The number of fused-ring (bicyclic) bond motifs is 1. The van der Waals surface area contributed by atoms with Gasteiger partial charge in [-0.2, -0.15) is 16.7 Å². The van der Waals surface area contributed by atoms with Crippen LogP contribution in [0.1, 0.15) is 11.3 Å². The van der Waals surface area contributed by atoms with Gasteiger partial charge in [0.2, 0.25) is 11.2 Å². The van der Waals surface area contributed by atoms with Crippen molar-refractivity contribution in [1.82, 2.24) is 9.97 Å². The fourth-order valence-electron chi connectivity index (χ4n) is 1.55. The van der Waals surface area contributed by atoms with Crippen molar-refractivity contribution in [3.05, 3.63) is 16.5 Å². The highest BCUT2D eigenvalue weighted by Gasteiger charge is 2.16. The van der Waals surface area contributed by atoms with Crippen molar-refractivity contribution in [3.63, 3.8) is 0 Å². The highest BCUT2D eigenvalue weighted by Crippen LogP contribution is 2.26. The Balaban J connectivity index is 2.46. The van der Waals surface area contributed by atoms with Crippen LogP contribution in [0.2, 0.25) is 5.28 Å². The molecule has 0 aromatic carbocycles. The second-order valence-electron chi connectivity index (χ2n) is 3.04. The van der Waals surface area contributed by atoms with Crippen molar-refractivity contribution >= 4 is 23.4 Å². The number of aromatic nitrogens is 2. The van der Waals surface area contributed by atoms with Gasteiger partial charge in [-0.3, -0.25) is 0 Å². The van der Waals surface area contributed by atoms with Crippen LogP contribution in [0.15, 0.2) is 0 Å². The van der Waals surface area contributed by atoms with Crippen molar-refractivity contribution in [2.24, 2.45) is 0 Å². The lowest BCUT2D eigenvalue weighted by atomic mass is 10.1. The summed E-state index contributed by atoms with van der Waals surface area (Å²) in [6.07, 6.45) is 1.93. The molecule has 0 spiro atoms. The van der Waals surface area contributed by atoms with Crippen molar-refractivity contribution in [3.8, 4) is 5.88 Å². The maximum Gasteiger partial charge on any atom is 0.225 e. The van der Waals surface area contributed by atoms with Gasteiger partial charge in [0, 0.05) is 5.56 Å². The first-order valence-corrected chi connectivity index (χ1v) is 6.01. The molecule has 0 saturated heterocycles. The number of ether oxygens (including phenoxy) is 1. The van der Waals surface area contributed by atoms with Crippen molar-refractivity contribution in [2.45, 2.75) is 12.8 Å². The second kappa shape index (κ2) is 4.36. The summed E-state index contributed by atoms with van der Waals surface area (Å²) in [7, 11) is 1.62. The number of aryl methyl sites for hydroxylation is 1. The number of halogens is 1. The number of thioether (sulfide) groups is 1. The molecule has 0 fully saturated rings. The normalized spacial score (nSPS) is 15.9. The van der Waals surface area contributed by atoms with E-state index in [1.807, 2.05) is 11.8 Å². The van der Waals surface area contributed by atoms with Crippen LogP contribution in [0.5, 0.6) is 5.88 Å². The molecule has 3 nitrogen and oxygen atoms in total. The zero-order valence-corrected chi connectivity index (χ0v) is 9.49. The molecule has 5 heteroatoms. The standard InChI is InChI=1S/C9H11ClN2OS/c1-13-8-6-2-4-14-5-3-7(6)11-9(10)12-8/h2-5H2,1H3. The smallest absolute Gasteiger partial charge is 0.225 e. The highest BCUT2D eigenvalue weighted by atomic mass is 35.5. The lowest BCUT2D eigenvalue weighted by Gasteiger charge is -2.08. The van der Waals surface area contributed by atoms with E-state index in [0.717, 1.165) is 35.6 Å². The van der Waals surface area contributed by atoms with E-state index in [9.17, 15) is 0 Å². The molecule has 14 heavy (non-hydrogen) atoms. The van der Waals surface area contributed by atoms with Gasteiger partial charge in [-0.25, -0.2) is 4.98 Å². The molecule has 0 N–H and O–H groups in total. The van der Waals surface area contributed by atoms with Gasteiger partial charge < -0.3 is 4.74 Å². The minimum atomic E-state index is 0.285. The van der Waals surface area contributed by atoms with E-state index < -0.39 is 0 Å². The van der Waals surface area contributed by atoms with E-state index in [2.05, 4.69) is 9.97 Å². The Morgan fingerprint density at radius 2 is 2.07 bits per heavy atom. The van der Waals surface area contributed by atoms with Gasteiger partial charge in [-0.05, 0) is 35.9 Å². The Kier molecular flexibility index (Phi) is 3.13. The van der Waals surface area contributed by atoms with E-state index in [-0.39, 0.29) is 5.28 Å². The van der Waals surface area contributed by atoms with E-state index in [4.69, 9.17) is 16.3 Å². The summed E-state index contributed by atoms with van der Waals surface area (Å²) in [4.78, 5) is 8.31. The molecule has 0 bridgehead atoms. The molecule has 2 heterocycles. The van der Waals surface area contributed by atoms with Crippen LogP contribution in [0.25, 0.3) is 0 Å². The quantitative estimate of drug-likeness (QED) is 0.691. The van der Waals surface area contributed by atoms with Gasteiger partial charge >= 0.3 is 0 Å². The van der Waals surface area contributed by atoms with E-state index in [1.54, 1.807) is 7.11 Å². The topological polar surface area (TPSA) is 35.0 Å². The molecule has 0 saturated carbocycles. The van der Waals surface area contributed by atoms with Crippen molar-refractivity contribution in [2.75, 3.05) is 18.6 Å². The maximum atomic E-state index is 5.80. The zero-order valence-electron chi connectivity index (χ0n) is 7.92. The summed E-state index contributed by atoms with van der Waals surface area (Å²) < 4.78 is 5.20. The largest absolute Gasteiger partial charge is 0.481 e. The summed E-state index contributed by atoms with van der Waals surface area (Å²) in [5.74, 6) is 2.85.